The van der Waals surface area contributed by atoms with Gasteiger partial charge in [0.1, 0.15) is 0 Å². The zero-order chi connectivity index (χ0) is 9.10. The predicted octanol–water partition coefficient (Wildman–Crippen LogP) is 1.75. The van der Waals surface area contributed by atoms with Gasteiger partial charge in [-0.3, -0.25) is 0 Å². The summed E-state index contributed by atoms with van der Waals surface area (Å²) in [5, 5.41) is 0. The van der Waals surface area contributed by atoms with Crippen LogP contribution in [-0.4, -0.2) is 38.3 Å². The lowest BCUT2D eigenvalue weighted by Crippen LogP contribution is -2.36. The third-order valence-electron chi connectivity index (χ3n) is 3.32. The lowest BCUT2D eigenvalue weighted by molar-refractivity contribution is 0.0977. The van der Waals surface area contributed by atoms with Crippen LogP contribution in [0.2, 0.25) is 0 Å². The summed E-state index contributed by atoms with van der Waals surface area (Å²) in [6.45, 7) is 4.96. The molecule has 0 aromatic carbocycles. The van der Waals surface area contributed by atoms with E-state index in [1.54, 1.807) is 0 Å². The average Bonchev–Trinajstić information content (AvgIpc) is 2.93. The van der Waals surface area contributed by atoms with Gasteiger partial charge in [0.05, 0.1) is 0 Å². The second-order valence-electron chi connectivity index (χ2n) is 4.64. The summed E-state index contributed by atoms with van der Waals surface area (Å²) in [6, 6.07) is 0. The zero-order valence-corrected chi connectivity index (χ0v) is 8.67. The predicted molar refractivity (Wildman–Crippen MR) is 53.8 cm³/mol. The second-order valence-corrected chi connectivity index (χ2v) is 4.64. The Kier molecular flexibility index (Phi) is 3.23. The summed E-state index contributed by atoms with van der Waals surface area (Å²) in [6.07, 6.45) is 5.66. The van der Waals surface area contributed by atoms with Crippen LogP contribution in [0.4, 0.5) is 0 Å². The molecule has 13 heavy (non-hydrogen) atoms. The number of ether oxygens (including phenoxy) is 1. The molecule has 1 heterocycles. The molecule has 2 nitrogen and oxygen atoms in total. The van der Waals surface area contributed by atoms with Gasteiger partial charge in [-0.25, -0.2) is 0 Å². The summed E-state index contributed by atoms with van der Waals surface area (Å²) in [4.78, 5) is 2.64. The van der Waals surface area contributed by atoms with Crippen molar-refractivity contribution in [2.24, 2.45) is 11.8 Å². The first-order chi connectivity index (χ1) is 6.38. The quantitative estimate of drug-likeness (QED) is 0.658. The Hall–Kier alpha value is -0.0800. The Morgan fingerprint density at radius 2 is 1.77 bits per heavy atom. The van der Waals surface area contributed by atoms with E-state index in [1.165, 1.54) is 45.3 Å². The number of methoxy groups -OCH3 is 1. The van der Waals surface area contributed by atoms with Crippen LogP contribution < -0.4 is 0 Å². The van der Waals surface area contributed by atoms with Gasteiger partial charge in [0.25, 0.3) is 0 Å². The van der Waals surface area contributed by atoms with E-state index in [9.17, 15) is 0 Å². The van der Waals surface area contributed by atoms with Crippen LogP contribution in [0.1, 0.15) is 25.7 Å². The van der Waals surface area contributed by atoms with E-state index in [4.69, 9.17) is 4.74 Å². The Labute approximate surface area is 81.3 Å². The van der Waals surface area contributed by atoms with Crippen molar-refractivity contribution in [1.82, 2.24) is 4.90 Å². The van der Waals surface area contributed by atoms with Crippen LogP contribution >= 0.6 is 0 Å². The maximum absolute atomic E-state index is 5.19. The maximum atomic E-state index is 5.19. The monoisotopic (exact) mass is 183 g/mol. The lowest BCUT2D eigenvalue weighted by atomic mass is 9.98. The highest BCUT2D eigenvalue weighted by Gasteiger charge is 2.26. The molecule has 2 fully saturated rings. The fourth-order valence-electron chi connectivity index (χ4n) is 2.24. The molecule has 0 N–H and O–H groups in total. The number of piperidine rings is 1. The third kappa shape index (κ3) is 2.96. The standard InChI is InChI=1S/C11H21NO/c1-13-9-11-4-6-12(7-5-11)8-10-2-3-10/h10-11H,2-9H2,1H3. The number of hydrogen-bond acceptors (Lipinski definition) is 2. The molecule has 76 valence electrons. The molecule has 0 spiro atoms. The number of likely N-dealkylation sites (tertiary alicyclic amines) is 1. The van der Waals surface area contributed by atoms with Crippen LogP contribution in [0, 0.1) is 11.8 Å². The van der Waals surface area contributed by atoms with Crippen LogP contribution in [0.5, 0.6) is 0 Å². The van der Waals surface area contributed by atoms with Crippen molar-refractivity contribution in [1.29, 1.82) is 0 Å². The molecule has 2 heteroatoms. The molecule has 1 saturated carbocycles. The summed E-state index contributed by atoms with van der Waals surface area (Å²) < 4.78 is 5.19. The van der Waals surface area contributed by atoms with Gasteiger partial charge in [0.15, 0.2) is 0 Å². The Morgan fingerprint density at radius 1 is 1.08 bits per heavy atom. The maximum Gasteiger partial charge on any atom is 0.0491 e. The smallest absolute Gasteiger partial charge is 0.0491 e. The number of nitrogens with zero attached hydrogens (tertiary/aromatic N) is 1. The number of rotatable bonds is 4. The molecule has 0 unspecified atom stereocenters. The molecule has 1 aliphatic heterocycles. The topological polar surface area (TPSA) is 12.5 Å². The Bertz CT molecular complexity index is 148. The van der Waals surface area contributed by atoms with E-state index in [-0.39, 0.29) is 0 Å². The summed E-state index contributed by atoms with van der Waals surface area (Å²) in [7, 11) is 1.82. The molecule has 0 atom stereocenters. The highest BCUT2D eigenvalue weighted by atomic mass is 16.5. The van der Waals surface area contributed by atoms with Crippen LogP contribution in [0.3, 0.4) is 0 Å². The summed E-state index contributed by atoms with van der Waals surface area (Å²) in [5.41, 5.74) is 0. The van der Waals surface area contributed by atoms with Crippen molar-refractivity contribution in [2.75, 3.05) is 33.4 Å². The molecule has 2 rings (SSSR count). The summed E-state index contributed by atoms with van der Waals surface area (Å²) in [5.74, 6) is 1.89. The van der Waals surface area contributed by atoms with Crippen molar-refractivity contribution < 1.29 is 4.74 Å². The molecule has 0 aromatic heterocycles. The van der Waals surface area contributed by atoms with Gasteiger partial charge in [-0.2, -0.15) is 0 Å². The first kappa shape index (κ1) is 9.47. The van der Waals surface area contributed by atoms with Crippen molar-refractivity contribution in [3.05, 3.63) is 0 Å². The fraction of sp³-hybridized carbons (Fsp3) is 1.00. The molecule has 0 bridgehead atoms. The van der Waals surface area contributed by atoms with Gasteiger partial charge >= 0.3 is 0 Å². The average molecular weight is 183 g/mol. The van der Waals surface area contributed by atoms with E-state index in [0.29, 0.717) is 0 Å². The van der Waals surface area contributed by atoms with Crippen molar-refractivity contribution in [3.8, 4) is 0 Å². The minimum absolute atomic E-state index is 0.834. The minimum atomic E-state index is 0.834. The van der Waals surface area contributed by atoms with Crippen molar-refractivity contribution >= 4 is 0 Å². The molecule has 0 aromatic rings. The highest BCUT2D eigenvalue weighted by molar-refractivity contribution is 4.80. The Balaban J connectivity index is 1.63. The molecular weight excluding hydrogens is 162 g/mol. The molecule has 0 amide bonds. The first-order valence-corrected chi connectivity index (χ1v) is 5.60. The minimum Gasteiger partial charge on any atom is -0.384 e. The second kappa shape index (κ2) is 4.43. The lowest BCUT2D eigenvalue weighted by Gasteiger charge is -2.31. The van der Waals surface area contributed by atoms with Crippen LogP contribution in [-0.2, 0) is 4.74 Å². The molecule has 1 aliphatic carbocycles. The molecular formula is C11H21NO. The van der Waals surface area contributed by atoms with Gasteiger partial charge < -0.3 is 9.64 Å². The van der Waals surface area contributed by atoms with Crippen LogP contribution in [0.25, 0.3) is 0 Å². The van der Waals surface area contributed by atoms with E-state index >= 15 is 0 Å². The van der Waals surface area contributed by atoms with E-state index < -0.39 is 0 Å². The van der Waals surface area contributed by atoms with Crippen LogP contribution in [0.15, 0.2) is 0 Å². The van der Waals surface area contributed by atoms with Gasteiger partial charge in [-0.05, 0) is 50.6 Å². The van der Waals surface area contributed by atoms with Gasteiger partial charge in [0, 0.05) is 20.3 Å². The van der Waals surface area contributed by atoms with Gasteiger partial charge in [-0.15, -0.1) is 0 Å². The first-order valence-electron chi connectivity index (χ1n) is 5.60. The van der Waals surface area contributed by atoms with E-state index in [1.807, 2.05) is 7.11 Å². The van der Waals surface area contributed by atoms with Gasteiger partial charge in [0.2, 0.25) is 0 Å². The molecule has 2 aliphatic rings. The largest absolute Gasteiger partial charge is 0.384 e. The van der Waals surface area contributed by atoms with E-state index in [2.05, 4.69) is 4.90 Å². The third-order valence-corrected chi connectivity index (χ3v) is 3.32. The van der Waals surface area contributed by atoms with Crippen molar-refractivity contribution in [3.63, 3.8) is 0 Å². The zero-order valence-electron chi connectivity index (χ0n) is 8.67. The van der Waals surface area contributed by atoms with Crippen molar-refractivity contribution in [2.45, 2.75) is 25.7 Å². The van der Waals surface area contributed by atoms with E-state index in [0.717, 1.165) is 18.4 Å². The number of hydrogen-bond donors (Lipinski definition) is 0. The highest BCUT2D eigenvalue weighted by Crippen LogP contribution is 2.31. The SMILES string of the molecule is COCC1CCN(CC2CC2)CC1. The summed E-state index contributed by atoms with van der Waals surface area (Å²) >= 11 is 0. The molecule has 1 saturated heterocycles. The normalized spacial score (nSPS) is 26.5. The fourth-order valence-corrected chi connectivity index (χ4v) is 2.24. The molecule has 0 radical (unpaired) electrons. The van der Waals surface area contributed by atoms with Gasteiger partial charge in [-0.1, -0.05) is 0 Å². The Morgan fingerprint density at radius 3 is 2.31 bits per heavy atom.